The Morgan fingerprint density at radius 2 is 2.20 bits per heavy atom. The van der Waals surface area contributed by atoms with E-state index in [1.54, 1.807) is 11.8 Å². The van der Waals surface area contributed by atoms with Gasteiger partial charge in [-0.25, -0.2) is 0 Å². The van der Waals surface area contributed by atoms with Crippen LogP contribution < -0.4 is 5.32 Å². The predicted octanol–water partition coefficient (Wildman–Crippen LogP) is 1.09. The molecule has 3 rings (SSSR count). The molecule has 0 bridgehead atoms. The third kappa shape index (κ3) is 4.64. The summed E-state index contributed by atoms with van der Waals surface area (Å²) in [6.45, 7) is 3.89. The lowest BCUT2D eigenvalue weighted by Gasteiger charge is -2.29. The number of amides is 2. The van der Waals surface area contributed by atoms with E-state index in [-0.39, 0.29) is 18.2 Å². The second-order valence-electron chi connectivity index (χ2n) is 5.72. The van der Waals surface area contributed by atoms with Gasteiger partial charge in [-0.2, -0.15) is 4.98 Å². The van der Waals surface area contributed by atoms with E-state index in [0.717, 1.165) is 4.88 Å². The van der Waals surface area contributed by atoms with Crippen LogP contribution in [0.3, 0.4) is 0 Å². The molecule has 25 heavy (non-hydrogen) atoms. The van der Waals surface area contributed by atoms with Crippen LogP contribution in [-0.2, 0) is 20.7 Å². The Kier molecular flexibility index (Phi) is 5.77. The van der Waals surface area contributed by atoms with E-state index in [1.165, 1.54) is 11.3 Å². The lowest BCUT2D eigenvalue weighted by Crippen LogP contribution is -2.50. The number of ether oxygens (including phenoxy) is 1. The molecule has 1 atom stereocenters. The van der Waals surface area contributed by atoms with Gasteiger partial charge in [0, 0.05) is 25.9 Å². The summed E-state index contributed by atoms with van der Waals surface area (Å²) in [5.74, 6) is 0.631. The number of carbonyl (C=O) groups is 2. The predicted molar refractivity (Wildman–Crippen MR) is 90.9 cm³/mol. The van der Waals surface area contributed by atoms with Crippen molar-refractivity contribution < 1.29 is 18.8 Å². The van der Waals surface area contributed by atoms with Crippen molar-refractivity contribution in [1.82, 2.24) is 20.4 Å². The maximum absolute atomic E-state index is 12.3. The fraction of sp³-hybridized carbons (Fsp3) is 0.500. The van der Waals surface area contributed by atoms with Crippen molar-refractivity contribution in [3.05, 3.63) is 23.4 Å². The summed E-state index contributed by atoms with van der Waals surface area (Å²) in [5, 5.41) is 8.57. The maximum atomic E-state index is 12.3. The molecule has 134 valence electrons. The zero-order valence-electron chi connectivity index (χ0n) is 13.9. The van der Waals surface area contributed by atoms with Gasteiger partial charge in [-0.1, -0.05) is 11.2 Å². The summed E-state index contributed by atoms with van der Waals surface area (Å²) in [6, 6.07) is 3.26. The number of hydrogen-bond donors (Lipinski definition) is 1. The van der Waals surface area contributed by atoms with Gasteiger partial charge in [0.05, 0.1) is 18.1 Å². The van der Waals surface area contributed by atoms with E-state index >= 15 is 0 Å². The monoisotopic (exact) mass is 364 g/mol. The summed E-state index contributed by atoms with van der Waals surface area (Å²) >= 11 is 1.52. The second kappa shape index (κ2) is 8.21. The molecule has 0 radical (unpaired) electrons. The van der Waals surface area contributed by atoms with E-state index in [0.29, 0.717) is 44.4 Å². The Balaban J connectivity index is 1.45. The minimum Gasteiger partial charge on any atom is -0.378 e. The molecule has 1 saturated heterocycles. The number of aryl methyl sites for hydroxylation is 1. The van der Waals surface area contributed by atoms with Gasteiger partial charge in [-0.3, -0.25) is 9.59 Å². The number of nitrogens with one attached hydrogen (secondary N) is 1. The molecule has 0 unspecified atom stereocenters. The Morgan fingerprint density at radius 3 is 2.92 bits per heavy atom. The van der Waals surface area contributed by atoms with Crippen LogP contribution in [0.15, 0.2) is 22.0 Å². The van der Waals surface area contributed by atoms with E-state index in [1.807, 2.05) is 17.5 Å². The highest BCUT2D eigenvalue weighted by Crippen LogP contribution is 2.21. The minimum absolute atomic E-state index is 0.0885. The summed E-state index contributed by atoms with van der Waals surface area (Å²) in [7, 11) is 0. The molecule has 1 aliphatic heterocycles. The van der Waals surface area contributed by atoms with Crippen LogP contribution in [0.1, 0.15) is 19.2 Å². The summed E-state index contributed by atoms with van der Waals surface area (Å²) in [4.78, 5) is 31.2. The molecule has 2 aromatic rings. The zero-order chi connectivity index (χ0) is 17.6. The molecule has 8 nitrogen and oxygen atoms in total. The highest BCUT2D eigenvalue weighted by molar-refractivity contribution is 7.13. The topological polar surface area (TPSA) is 97.6 Å². The van der Waals surface area contributed by atoms with Crippen LogP contribution in [0, 0.1) is 0 Å². The van der Waals surface area contributed by atoms with Crippen LogP contribution >= 0.6 is 11.3 Å². The van der Waals surface area contributed by atoms with Crippen molar-refractivity contribution in [2.75, 3.05) is 26.3 Å². The molecule has 0 spiro atoms. The highest BCUT2D eigenvalue weighted by Gasteiger charge is 2.23. The molecular formula is C16H20N4O4S. The van der Waals surface area contributed by atoms with Crippen LogP contribution in [0.2, 0.25) is 0 Å². The Bertz CT molecular complexity index is 710. The van der Waals surface area contributed by atoms with E-state index in [4.69, 9.17) is 9.26 Å². The van der Waals surface area contributed by atoms with Gasteiger partial charge in [-0.15, -0.1) is 11.3 Å². The first-order valence-corrected chi connectivity index (χ1v) is 9.04. The summed E-state index contributed by atoms with van der Waals surface area (Å²) < 4.78 is 10.4. The molecule has 3 heterocycles. The quantitative estimate of drug-likeness (QED) is 0.824. The first-order valence-electron chi connectivity index (χ1n) is 8.16. The van der Waals surface area contributed by atoms with Crippen LogP contribution in [0.4, 0.5) is 0 Å². The van der Waals surface area contributed by atoms with E-state index < -0.39 is 6.04 Å². The van der Waals surface area contributed by atoms with Crippen molar-refractivity contribution >= 4 is 23.2 Å². The number of thiophene rings is 1. The molecule has 1 fully saturated rings. The number of morpholine rings is 1. The van der Waals surface area contributed by atoms with Crippen LogP contribution in [0.25, 0.3) is 10.7 Å². The first-order chi connectivity index (χ1) is 12.1. The Morgan fingerprint density at radius 1 is 1.40 bits per heavy atom. The molecule has 2 aromatic heterocycles. The standard InChI is InChI=1S/C16H20N4O4S/c1-11(16(22)20-6-8-23-9-7-20)17-13(21)4-5-14-18-15(19-24-14)12-3-2-10-25-12/h2-3,10-11H,4-9H2,1H3,(H,17,21)/t11-/m0/s1. The fourth-order valence-corrected chi connectivity index (χ4v) is 3.16. The summed E-state index contributed by atoms with van der Waals surface area (Å²) in [6.07, 6.45) is 0.523. The molecule has 0 aliphatic carbocycles. The molecule has 0 aromatic carbocycles. The molecule has 1 aliphatic rings. The average Bonchev–Trinajstić information content (AvgIpc) is 3.31. The Labute approximate surface area is 149 Å². The minimum atomic E-state index is -0.560. The smallest absolute Gasteiger partial charge is 0.245 e. The van der Waals surface area contributed by atoms with Crippen molar-refractivity contribution in [1.29, 1.82) is 0 Å². The second-order valence-corrected chi connectivity index (χ2v) is 6.66. The van der Waals surface area contributed by atoms with Gasteiger partial charge in [0.2, 0.25) is 23.5 Å². The van der Waals surface area contributed by atoms with Gasteiger partial charge in [0.15, 0.2) is 0 Å². The number of rotatable bonds is 6. The molecule has 9 heteroatoms. The number of nitrogens with zero attached hydrogens (tertiary/aromatic N) is 3. The van der Waals surface area contributed by atoms with Crippen molar-refractivity contribution in [2.24, 2.45) is 0 Å². The number of aromatic nitrogens is 2. The maximum Gasteiger partial charge on any atom is 0.245 e. The van der Waals surface area contributed by atoms with Crippen LogP contribution in [0.5, 0.6) is 0 Å². The van der Waals surface area contributed by atoms with E-state index in [2.05, 4.69) is 15.5 Å². The van der Waals surface area contributed by atoms with E-state index in [9.17, 15) is 9.59 Å². The fourth-order valence-electron chi connectivity index (χ4n) is 2.52. The van der Waals surface area contributed by atoms with Crippen molar-refractivity contribution in [3.63, 3.8) is 0 Å². The number of hydrogen-bond acceptors (Lipinski definition) is 7. The SMILES string of the molecule is C[C@H](NC(=O)CCc1nc(-c2cccs2)no1)C(=O)N1CCOCC1. The number of carbonyl (C=O) groups excluding carboxylic acids is 2. The van der Waals surface area contributed by atoms with Gasteiger partial charge >= 0.3 is 0 Å². The highest BCUT2D eigenvalue weighted by atomic mass is 32.1. The van der Waals surface area contributed by atoms with Gasteiger partial charge in [-0.05, 0) is 18.4 Å². The third-order valence-electron chi connectivity index (χ3n) is 3.85. The largest absolute Gasteiger partial charge is 0.378 e. The summed E-state index contributed by atoms with van der Waals surface area (Å²) in [5.41, 5.74) is 0. The lowest BCUT2D eigenvalue weighted by molar-refractivity contribution is -0.139. The Hall–Kier alpha value is -2.26. The van der Waals surface area contributed by atoms with Gasteiger partial charge in [0.25, 0.3) is 0 Å². The molecule has 2 amide bonds. The van der Waals surface area contributed by atoms with Gasteiger partial charge in [0.1, 0.15) is 6.04 Å². The zero-order valence-corrected chi connectivity index (χ0v) is 14.8. The lowest BCUT2D eigenvalue weighted by atomic mass is 10.2. The van der Waals surface area contributed by atoms with Crippen molar-refractivity contribution in [3.8, 4) is 10.7 Å². The van der Waals surface area contributed by atoms with Crippen LogP contribution in [-0.4, -0.2) is 59.2 Å². The molecule has 0 saturated carbocycles. The average molecular weight is 364 g/mol. The van der Waals surface area contributed by atoms with Crippen molar-refractivity contribution in [2.45, 2.75) is 25.8 Å². The normalized spacial score (nSPS) is 15.8. The first kappa shape index (κ1) is 17.6. The molecule has 1 N–H and O–H groups in total. The van der Waals surface area contributed by atoms with Gasteiger partial charge < -0.3 is 19.5 Å². The molecular weight excluding hydrogens is 344 g/mol. The third-order valence-corrected chi connectivity index (χ3v) is 4.71.